The van der Waals surface area contributed by atoms with Crippen molar-refractivity contribution in [3.63, 3.8) is 0 Å². The number of carbonyl (C=O) groups excluding carboxylic acids is 1. The number of aromatic nitrogens is 3. The van der Waals surface area contributed by atoms with Crippen LogP contribution in [0.2, 0.25) is 0 Å². The Morgan fingerprint density at radius 1 is 1.07 bits per heavy atom. The van der Waals surface area contributed by atoms with E-state index in [9.17, 15) is 14.4 Å². The molecule has 0 aliphatic heterocycles. The number of benzene rings is 2. The number of aryl methyl sites for hydroxylation is 1. The summed E-state index contributed by atoms with van der Waals surface area (Å²) >= 11 is 0. The fourth-order valence-corrected chi connectivity index (χ4v) is 4.05. The van der Waals surface area contributed by atoms with Crippen molar-refractivity contribution in [2.75, 3.05) is 11.1 Å². The highest BCUT2D eigenvalue weighted by atomic mass is 19.1. The molecule has 0 aliphatic rings. The Balaban J connectivity index is 1.46. The molecule has 40 heavy (non-hydrogen) atoms. The SMILES string of the molecule is CC(N)CCc1nc(-c2ccc(CNc3ncc(C#N)cc3C(=O)N[C@@H](C)c3ccc(F)cc3)cc2)cnc1N. The van der Waals surface area contributed by atoms with Crippen LogP contribution in [0.1, 0.15) is 59.1 Å². The Morgan fingerprint density at radius 2 is 1.80 bits per heavy atom. The first-order valence-corrected chi connectivity index (χ1v) is 12.9. The number of hydrogen-bond acceptors (Lipinski definition) is 8. The van der Waals surface area contributed by atoms with Crippen LogP contribution in [0.4, 0.5) is 16.0 Å². The van der Waals surface area contributed by atoms with Crippen molar-refractivity contribution in [1.29, 1.82) is 5.26 Å². The summed E-state index contributed by atoms with van der Waals surface area (Å²) in [4.78, 5) is 26.4. The summed E-state index contributed by atoms with van der Waals surface area (Å²) in [7, 11) is 0. The maximum absolute atomic E-state index is 13.3. The van der Waals surface area contributed by atoms with Gasteiger partial charge in [0.25, 0.3) is 5.91 Å². The standard InChI is InChI=1S/C30H31FN8O/c1-18(33)3-12-26-28(34)35-17-27(39-26)23-6-4-20(5-7-23)15-36-29-25(13-21(14-32)16-37-29)30(40)38-19(2)22-8-10-24(31)11-9-22/h4-11,13,16-19H,3,12,15,33H2,1-2H3,(H2,34,35)(H,36,37)(H,38,40)/t18?,19-/m0/s1. The highest BCUT2D eigenvalue weighted by Crippen LogP contribution is 2.22. The monoisotopic (exact) mass is 538 g/mol. The molecule has 1 amide bonds. The third kappa shape index (κ3) is 7.15. The van der Waals surface area contributed by atoms with Crippen LogP contribution in [0.5, 0.6) is 0 Å². The number of carbonyl (C=O) groups is 1. The number of nitrogens with two attached hydrogens (primary N) is 2. The molecule has 0 saturated carbocycles. The first-order valence-electron chi connectivity index (χ1n) is 12.9. The number of amides is 1. The van der Waals surface area contributed by atoms with Gasteiger partial charge in [0.1, 0.15) is 23.5 Å². The maximum Gasteiger partial charge on any atom is 0.255 e. The third-order valence-corrected chi connectivity index (χ3v) is 6.40. The molecular formula is C30H31FN8O. The second-order valence-electron chi connectivity index (χ2n) is 9.63. The Kier molecular flexibility index (Phi) is 8.99. The lowest BCUT2D eigenvalue weighted by Crippen LogP contribution is -2.28. The first-order chi connectivity index (χ1) is 19.2. The van der Waals surface area contributed by atoms with E-state index >= 15 is 0 Å². The number of hydrogen-bond donors (Lipinski definition) is 4. The van der Waals surface area contributed by atoms with E-state index in [-0.39, 0.29) is 29.0 Å². The molecule has 9 nitrogen and oxygen atoms in total. The molecule has 0 bridgehead atoms. The van der Waals surface area contributed by atoms with Gasteiger partial charge in [-0.25, -0.2) is 19.3 Å². The van der Waals surface area contributed by atoms with Gasteiger partial charge >= 0.3 is 0 Å². The van der Waals surface area contributed by atoms with Crippen LogP contribution in [0.3, 0.4) is 0 Å². The number of pyridine rings is 1. The molecule has 2 heterocycles. The van der Waals surface area contributed by atoms with Crippen molar-refractivity contribution in [3.05, 3.63) is 101 Å². The summed E-state index contributed by atoms with van der Waals surface area (Å²) in [6, 6.07) is 16.9. The second-order valence-corrected chi connectivity index (χ2v) is 9.63. The lowest BCUT2D eigenvalue weighted by Gasteiger charge is -2.16. The Bertz CT molecular complexity index is 1510. The quantitative estimate of drug-likeness (QED) is 0.230. The Morgan fingerprint density at radius 3 is 2.48 bits per heavy atom. The Hall–Kier alpha value is -4.88. The van der Waals surface area contributed by atoms with E-state index in [0.29, 0.717) is 24.6 Å². The van der Waals surface area contributed by atoms with Crippen molar-refractivity contribution in [3.8, 4) is 17.3 Å². The van der Waals surface area contributed by atoms with Gasteiger partial charge in [-0.3, -0.25) is 4.79 Å². The largest absolute Gasteiger partial charge is 0.382 e. The van der Waals surface area contributed by atoms with Crippen LogP contribution in [0, 0.1) is 17.1 Å². The highest BCUT2D eigenvalue weighted by molar-refractivity contribution is 5.99. The fraction of sp³-hybridized carbons (Fsp3) is 0.233. The van der Waals surface area contributed by atoms with Crippen molar-refractivity contribution in [2.24, 2.45) is 5.73 Å². The Labute approximate surface area is 232 Å². The summed E-state index contributed by atoms with van der Waals surface area (Å²) in [5, 5.41) is 15.4. The van der Waals surface area contributed by atoms with Crippen molar-refractivity contribution in [1.82, 2.24) is 20.3 Å². The topological polar surface area (TPSA) is 156 Å². The lowest BCUT2D eigenvalue weighted by molar-refractivity contribution is 0.0940. The van der Waals surface area contributed by atoms with Crippen LogP contribution in [-0.2, 0) is 13.0 Å². The predicted octanol–water partition coefficient (Wildman–Crippen LogP) is 4.51. The molecule has 10 heteroatoms. The molecule has 4 rings (SSSR count). The number of nitrogens with zero attached hydrogens (tertiary/aromatic N) is 4. The van der Waals surface area contributed by atoms with Gasteiger partial charge in [0.15, 0.2) is 0 Å². The highest BCUT2D eigenvalue weighted by Gasteiger charge is 2.17. The molecule has 204 valence electrons. The molecule has 6 N–H and O–H groups in total. The van der Waals surface area contributed by atoms with E-state index in [1.165, 1.54) is 24.4 Å². The van der Waals surface area contributed by atoms with Gasteiger partial charge in [0.05, 0.1) is 34.8 Å². The zero-order chi connectivity index (χ0) is 28.6. The van der Waals surface area contributed by atoms with Gasteiger partial charge < -0.3 is 22.1 Å². The van der Waals surface area contributed by atoms with Gasteiger partial charge in [-0.1, -0.05) is 36.4 Å². The number of anilines is 2. The molecule has 2 aromatic heterocycles. The normalized spacial score (nSPS) is 12.3. The van der Waals surface area contributed by atoms with Gasteiger partial charge in [0.2, 0.25) is 0 Å². The minimum atomic E-state index is -0.402. The number of rotatable bonds is 10. The molecule has 0 fully saturated rings. The van der Waals surface area contributed by atoms with Crippen molar-refractivity contribution >= 4 is 17.5 Å². The fourth-order valence-electron chi connectivity index (χ4n) is 4.05. The van der Waals surface area contributed by atoms with Gasteiger partial charge in [-0.2, -0.15) is 5.26 Å². The first kappa shape index (κ1) is 28.1. The molecule has 4 aromatic rings. The third-order valence-electron chi connectivity index (χ3n) is 6.40. The average Bonchev–Trinajstić information content (AvgIpc) is 2.96. The summed E-state index contributed by atoms with van der Waals surface area (Å²) in [5.41, 5.74) is 16.4. The van der Waals surface area contributed by atoms with E-state index in [1.807, 2.05) is 37.3 Å². The van der Waals surface area contributed by atoms with Crippen LogP contribution in [-0.4, -0.2) is 26.9 Å². The van der Waals surface area contributed by atoms with E-state index in [2.05, 4.69) is 25.6 Å². The average molecular weight is 539 g/mol. The molecule has 2 aromatic carbocycles. The minimum absolute atomic E-state index is 0.0482. The minimum Gasteiger partial charge on any atom is -0.382 e. The van der Waals surface area contributed by atoms with Crippen LogP contribution >= 0.6 is 0 Å². The number of nitrogens with one attached hydrogen (secondary N) is 2. The molecule has 0 spiro atoms. The summed E-state index contributed by atoms with van der Waals surface area (Å²) in [6.07, 6.45) is 4.48. The van der Waals surface area contributed by atoms with Gasteiger partial charge in [0, 0.05) is 24.3 Å². The van der Waals surface area contributed by atoms with Crippen molar-refractivity contribution < 1.29 is 9.18 Å². The van der Waals surface area contributed by atoms with Crippen LogP contribution < -0.4 is 22.1 Å². The van der Waals surface area contributed by atoms with E-state index in [1.54, 1.807) is 25.3 Å². The number of nitrogen functional groups attached to an aromatic ring is 1. The van der Waals surface area contributed by atoms with Gasteiger partial charge in [-0.05, 0) is 56.0 Å². The zero-order valence-electron chi connectivity index (χ0n) is 22.4. The van der Waals surface area contributed by atoms with E-state index in [0.717, 1.165) is 34.5 Å². The van der Waals surface area contributed by atoms with E-state index in [4.69, 9.17) is 11.5 Å². The van der Waals surface area contributed by atoms with E-state index < -0.39 is 5.91 Å². The molecule has 0 saturated heterocycles. The molecule has 1 unspecified atom stereocenters. The molecule has 2 atom stereocenters. The van der Waals surface area contributed by atoms with Crippen LogP contribution in [0.15, 0.2) is 67.0 Å². The summed E-state index contributed by atoms with van der Waals surface area (Å²) in [6.45, 7) is 4.13. The summed E-state index contributed by atoms with van der Waals surface area (Å²) in [5.74, 6) is -0.000774. The molecule has 0 radical (unpaired) electrons. The maximum atomic E-state index is 13.3. The molecule has 0 aliphatic carbocycles. The lowest BCUT2D eigenvalue weighted by atomic mass is 10.1. The van der Waals surface area contributed by atoms with Gasteiger partial charge in [-0.15, -0.1) is 0 Å². The van der Waals surface area contributed by atoms with Crippen LogP contribution in [0.25, 0.3) is 11.3 Å². The predicted molar refractivity (Wildman–Crippen MR) is 152 cm³/mol. The molecular weight excluding hydrogens is 507 g/mol. The number of halogens is 1. The van der Waals surface area contributed by atoms with Crippen molar-refractivity contribution in [2.45, 2.75) is 45.3 Å². The zero-order valence-corrected chi connectivity index (χ0v) is 22.4. The second kappa shape index (κ2) is 12.8. The smallest absolute Gasteiger partial charge is 0.255 e. The number of nitriles is 1. The summed E-state index contributed by atoms with van der Waals surface area (Å²) < 4.78 is 13.3.